The van der Waals surface area contributed by atoms with Crippen molar-refractivity contribution in [1.82, 2.24) is 4.90 Å². The molecule has 3 nitrogen and oxygen atoms in total. The third-order valence-corrected chi connectivity index (χ3v) is 2.53. The molecule has 1 aromatic rings. The summed E-state index contributed by atoms with van der Waals surface area (Å²) in [6.45, 7) is 2.10. The normalized spacial score (nSPS) is 12.8. The molecule has 0 saturated carbocycles. The van der Waals surface area contributed by atoms with Crippen molar-refractivity contribution in [2.24, 2.45) is 0 Å². The van der Waals surface area contributed by atoms with E-state index in [1.54, 1.807) is 18.2 Å². The lowest BCUT2D eigenvalue weighted by atomic mass is 10.0. The number of rotatable bonds is 4. The average molecular weight is 207 g/mol. The molecular weight excluding hydrogens is 190 g/mol. The van der Waals surface area contributed by atoms with Crippen LogP contribution >= 0.6 is 0 Å². The fourth-order valence-electron chi connectivity index (χ4n) is 1.78. The van der Waals surface area contributed by atoms with Gasteiger partial charge in [0, 0.05) is 6.04 Å². The van der Waals surface area contributed by atoms with Crippen LogP contribution in [0.4, 0.5) is 0 Å². The monoisotopic (exact) mass is 207 g/mol. The number of carboxylic acid groups (broad SMARTS) is 1. The zero-order chi connectivity index (χ0) is 11.4. The maximum Gasteiger partial charge on any atom is 0.335 e. The van der Waals surface area contributed by atoms with Crippen molar-refractivity contribution in [3.8, 4) is 0 Å². The number of hydrogen-bond donors (Lipinski definition) is 1. The van der Waals surface area contributed by atoms with Gasteiger partial charge in [-0.05, 0) is 38.2 Å². The summed E-state index contributed by atoms with van der Waals surface area (Å²) in [5.41, 5.74) is 1.41. The molecule has 1 rings (SSSR count). The zero-order valence-electron chi connectivity index (χ0n) is 9.40. The second-order valence-corrected chi connectivity index (χ2v) is 3.82. The highest BCUT2D eigenvalue weighted by atomic mass is 16.4. The molecular formula is C12H17NO2. The number of nitrogens with zero attached hydrogens (tertiary/aromatic N) is 1. The van der Waals surface area contributed by atoms with E-state index in [4.69, 9.17) is 5.11 Å². The van der Waals surface area contributed by atoms with Crippen LogP contribution in [0.2, 0.25) is 0 Å². The largest absolute Gasteiger partial charge is 0.478 e. The van der Waals surface area contributed by atoms with Gasteiger partial charge in [0.15, 0.2) is 0 Å². The zero-order valence-corrected chi connectivity index (χ0v) is 9.40. The minimum absolute atomic E-state index is 0.282. The smallest absolute Gasteiger partial charge is 0.335 e. The fourth-order valence-corrected chi connectivity index (χ4v) is 1.78. The molecule has 0 radical (unpaired) electrons. The summed E-state index contributed by atoms with van der Waals surface area (Å²) in [7, 11) is 4.00. The van der Waals surface area contributed by atoms with Crippen LogP contribution in [0.3, 0.4) is 0 Å². The minimum atomic E-state index is -0.870. The Morgan fingerprint density at radius 2 is 2.13 bits per heavy atom. The quantitative estimate of drug-likeness (QED) is 0.824. The molecule has 1 atom stereocenters. The van der Waals surface area contributed by atoms with Gasteiger partial charge in [0.2, 0.25) is 0 Å². The predicted molar refractivity (Wildman–Crippen MR) is 60.1 cm³/mol. The summed E-state index contributed by atoms with van der Waals surface area (Å²) >= 11 is 0. The van der Waals surface area contributed by atoms with Gasteiger partial charge in [-0.3, -0.25) is 0 Å². The van der Waals surface area contributed by atoms with Crippen LogP contribution in [0.15, 0.2) is 24.3 Å². The first kappa shape index (κ1) is 11.7. The van der Waals surface area contributed by atoms with Gasteiger partial charge >= 0.3 is 5.97 Å². The van der Waals surface area contributed by atoms with Crippen LogP contribution in [-0.2, 0) is 0 Å². The number of carboxylic acids is 1. The Morgan fingerprint density at radius 3 is 2.60 bits per heavy atom. The predicted octanol–water partition coefficient (Wildman–Crippen LogP) is 2.40. The van der Waals surface area contributed by atoms with Crippen molar-refractivity contribution in [3.05, 3.63) is 35.4 Å². The van der Waals surface area contributed by atoms with Crippen LogP contribution in [0, 0.1) is 0 Å². The fraction of sp³-hybridized carbons (Fsp3) is 0.417. The first-order valence-corrected chi connectivity index (χ1v) is 5.06. The van der Waals surface area contributed by atoms with E-state index in [2.05, 4.69) is 11.8 Å². The Balaban J connectivity index is 3.03. The number of carbonyl (C=O) groups is 1. The molecule has 1 unspecified atom stereocenters. The lowest BCUT2D eigenvalue weighted by Crippen LogP contribution is -2.19. The average Bonchev–Trinajstić information content (AvgIpc) is 2.18. The molecule has 3 heteroatoms. The molecule has 15 heavy (non-hydrogen) atoms. The minimum Gasteiger partial charge on any atom is -0.478 e. The van der Waals surface area contributed by atoms with Crippen LogP contribution in [-0.4, -0.2) is 30.1 Å². The Hall–Kier alpha value is -1.35. The van der Waals surface area contributed by atoms with Gasteiger partial charge in [0.05, 0.1) is 5.56 Å². The molecule has 82 valence electrons. The molecule has 0 spiro atoms. The highest BCUT2D eigenvalue weighted by molar-refractivity contribution is 5.87. The van der Waals surface area contributed by atoms with Crippen molar-refractivity contribution in [2.45, 2.75) is 19.4 Å². The number of benzene rings is 1. The molecule has 0 aromatic heterocycles. The standard InChI is InChI=1S/C12H17NO2/c1-4-11(13(2)3)9-6-5-7-10(8-9)12(14)15/h5-8,11H,4H2,1-3H3,(H,14,15). The highest BCUT2D eigenvalue weighted by Gasteiger charge is 2.13. The molecule has 0 heterocycles. The van der Waals surface area contributed by atoms with E-state index in [1.165, 1.54) is 0 Å². The van der Waals surface area contributed by atoms with Crippen molar-refractivity contribution in [2.75, 3.05) is 14.1 Å². The van der Waals surface area contributed by atoms with Gasteiger partial charge < -0.3 is 10.0 Å². The van der Waals surface area contributed by atoms with E-state index in [9.17, 15) is 4.79 Å². The summed E-state index contributed by atoms with van der Waals surface area (Å²) in [4.78, 5) is 12.9. The van der Waals surface area contributed by atoms with Crippen molar-refractivity contribution < 1.29 is 9.90 Å². The Morgan fingerprint density at radius 1 is 1.47 bits per heavy atom. The van der Waals surface area contributed by atoms with Crippen molar-refractivity contribution >= 4 is 5.97 Å². The maximum absolute atomic E-state index is 10.8. The highest BCUT2D eigenvalue weighted by Crippen LogP contribution is 2.22. The summed E-state index contributed by atoms with van der Waals surface area (Å²) < 4.78 is 0. The SMILES string of the molecule is CCC(c1cccc(C(=O)O)c1)N(C)C. The number of aromatic carboxylic acids is 1. The van der Waals surface area contributed by atoms with E-state index < -0.39 is 5.97 Å². The first-order valence-electron chi connectivity index (χ1n) is 5.06. The molecule has 0 saturated heterocycles. The Bertz CT molecular complexity index is 347. The van der Waals surface area contributed by atoms with Crippen LogP contribution in [0.1, 0.15) is 35.3 Å². The van der Waals surface area contributed by atoms with E-state index >= 15 is 0 Å². The van der Waals surface area contributed by atoms with Crippen LogP contribution in [0.5, 0.6) is 0 Å². The molecule has 1 N–H and O–H groups in total. The topological polar surface area (TPSA) is 40.5 Å². The molecule has 1 aromatic carbocycles. The summed E-state index contributed by atoms with van der Waals surface area (Å²) in [5.74, 6) is -0.870. The van der Waals surface area contributed by atoms with E-state index in [0.29, 0.717) is 5.56 Å². The van der Waals surface area contributed by atoms with Gasteiger partial charge in [-0.25, -0.2) is 4.79 Å². The van der Waals surface area contributed by atoms with Gasteiger partial charge in [-0.2, -0.15) is 0 Å². The Kier molecular flexibility index (Phi) is 3.86. The van der Waals surface area contributed by atoms with E-state index in [0.717, 1.165) is 12.0 Å². The molecule has 0 aliphatic heterocycles. The first-order chi connectivity index (χ1) is 7.06. The van der Waals surface area contributed by atoms with Gasteiger partial charge in [-0.15, -0.1) is 0 Å². The third kappa shape index (κ3) is 2.80. The van der Waals surface area contributed by atoms with Crippen LogP contribution < -0.4 is 0 Å². The number of hydrogen-bond acceptors (Lipinski definition) is 2. The summed E-state index contributed by atoms with van der Waals surface area (Å²) in [5, 5.41) is 8.89. The molecule has 0 amide bonds. The van der Waals surface area contributed by atoms with Crippen molar-refractivity contribution in [3.63, 3.8) is 0 Å². The van der Waals surface area contributed by atoms with Gasteiger partial charge in [0.25, 0.3) is 0 Å². The maximum atomic E-state index is 10.8. The molecule has 0 aliphatic rings. The second kappa shape index (κ2) is 4.94. The van der Waals surface area contributed by atoms with Gasteiger partial charge in [-0.1, -0.05) is 19.1 Å². The van der Waals surface area contributed by atoms with Crippen molar-refractivity contribution in [1.29, 1.82) is 0 Å². The lowest BCUT2D eigenvalue weighted by molar-refractivity contribution is 0.0696. The summed E-state index contributed by atoms with van der Waals surface area (Å²) in [6, 6.07) is 7.42. The summed E-state index contributed by atoms with van der Waals surface area (Å²) in [6.07, 6.45) is 0.968. The van der Waals surface area contributed by atoms with Gasteiger partial charge in [0.1, 0.15) is 0 Å². The van der Waals surface area contributed by atoms with E-state index in [-0.39, 0.29) is 6.04 Å². The second-order valence-electron chi connectivity index (χ2n) is 3.82. The third-order valence-electron chi connectivity index (χ3n) is 2.53. The lowest BCUT2D eigenvalue weighted by Gasteiger charge is -2.23. The van der Waals surface area contributed by atoms with Crippen LogP contribution in [0.25, 0.3) is 0 Å². The molecule has 0 fully saturated rings. The van der Waals surface area contributed by atoms with E-state index in [1.807, 2.05) is 20.2 Å². The molecule has 0 bridgehead atoms. The Labute approximate surface area is 90.3 Å². The molecule has 0 aliphatic carbocycles.